The molecule has 0 radical (unpaired) electrons. The standard InChI is InChI=1S/C17H19N7O8S/c1-31-9-4-8(24(27)28)2-3-11(9)33(29,30)22-5-10-13(25)14(26)17(32-10)23-7-21-12-15(18)19-6-20-16(12)23/h2-4,6-7,10,13-14,17,22,25-26H,5H2,1H3,(H2,18,19,20)/t10-,13-,14-,17-/m1/s1. The fraction of sp³-hybridized carbons (Fsp3) is 0.353. The van der Waals surface area contributed by atoms with Gasteiger partial charge in [-0.05, 0) is 6.07 Å². The highest BCUT2D eigenvalue weighted by Gasteiger charge is 2.44. The van der Waals surface area contributed by atoms with Crippen molar-refractivity contribution in [2.24, 2.45) is 0 Å². The average Bonchev–Trinajstić information content (AvgIpc) is 3.34. The second-order valence-electron chi connectivity index (χ2n) is 7.07. The van der Waals surface area contributed by atoms with Gasteiger partial charge in [0, 0.05) is 12.6 Å². The zero-order valence-corrected chi connectivity index (χ0v) is 17.8. The molecular formula is C17H19N7O8S. The first kappa shape index (κ1) is 22.7. The van der Waals surface area contributed by atoms with Gasteiger partial charge in [0.05, 0.1) is 24.4 Å². The van der Waals surface area contributed by atoms with Gasteiger partial charge in [-0.25, -0.2) is 28.1 Å². The van der Waals surface area contributed by atoms with Crippen LogP contribution in [0.1, 0.15) is 6.23 Å². The van der Waals surface area contributed by atoms with Gasteiger partial charge in [0.2, 0.25) is 10.0 Å². The van der Waals surface area contributed by atoms with Crippen molar-refractivity contribution in [1.29, 1.82) is 0 Å². The molecule has 1 fully saturated rings. The minimum Gasteiger partial charge on any atom is -0.495 e. The summed E-state index contributed by atoms with van der Waals surface area (Å²) in [4.78, 5) is 21.9. The van der Waals surface area contributed by atoms with Gasteiger partial charge in [0.25, 0.3) is 5.69 Å². The maximum Gasteiger partial charge on any atom is 0.273 e. The molecule has 0 bridgehead atoms. The third-order valence-electron chi connectivity index (χ3n) is 5.12. The molecule has 2 aromatic heterocycles. The largest absolute Gasteiger partial charge is 0.495 e. The van der Waals surface area contributed by atoms with E-state index in [2.05, 4.69) is 19.7 Å². The Morgan fingerprint density at radius 3 is 2.76 bits per heavy atom. The number of benzene rings is 1. The number of rotatable bonds is 7. The number of ether oxygens (including phenoxy) is 2. The summed E-state index contributed by atoms with van der Waals surface area (Å²) < 4.78 is 39.8. The number of nitrogen functional groups attached to an aromatic ring is 1. The molecular weight excluding hydrogens is 462 g/mol. The number of nitro groups is 1. The van der Waals surface area contributed by atoms with Gasteiger partial charge in [-0.1, -0.05) is 0 Å². The van der Waals surface area contributed by atoms with E-state index in [0.29, 0.717) is 0 Å². The Morgan fingerprint density at radius 2 is 2.06 bits per heavy atom. The third kappa shape index (κ3) is 4.05. The van der Waals surface area contributed by atoms with Crippen LogP contribution in [0, 0.1) is 10.1 Å². The van der Waals surface area contributed by atoms with Crippen molar-refractivity contribution in [1.82, 2.24) is 24.2 Å². The number of sulfonamides is 1. The summed E-state index contributed by atoms with van der Waals surface area (Å²) in [6, 6.07) is 3.03. The second kappa shape index (κ2) is 8.49. The molecule has 3 aromatic rings. The lowest BCUT2D eigenvalue weighted by Crippen LogP contribution is -2.39. The number of aromatic nitrogens is 4. The number of anilines is 1. The van der Waals surface area contributed by atoms with Crippen molar-refractivity contribution < 1.29 is 33.0 Å². The monoisotopic (exact) mass is 481 g/mol. The summed E-state index contributed by atoms with van der Waals surface area (Å²) in [7, 11) is -3.04. The molecule has 0 saturated carbocycles. The van der Waals surface area contributed by atoms with E-state index in [1.807, 2.05) is 0 Å². The number of non-ortho nitro benzene ring substituents is 1. The van der Waals surface area contributed by atoms with Crippen molar-refractivity contribution in [2.75, 3.05) is 19.4 Å². The Hall–Kier alpha value is -3.44. The molecule has 1 saturated heterocycles. The minimum atomic E-state index is -4.21. The number of nitrogens with two attached hydrogens (primary N) is 1. The summed E-state index contributed by atoms with van der Waals surface area (Å²) in [5.41, 5.74) is 5.94. The highest BCUT2D eigenvalue weighted by atomic mass is 32.2. The summed E-state index contributed by atoms with van der Waals surface area (Å²) in [5.74, 6) is -0.113. The third-order valence-corrected chi connectivity index (χ3v) is 6.58. The first-order valence-corrected chi connectivity index (χ1v) is 10.9. The van der Waals surface area contributed by atoms with Crippen LogP contribution in [-0.4, -0.2) is 75.0 Å². The van der Waals surface area contributed by atoms with E-state index in [-0.39, 0.29) is 33.3 Å². The molecule has 0 aliphatic carbocycles. The van der Waals surface area contributed by atoms with Gasteiger partial charge in [0.15, 0.2) is 17.7 Å². The van der Waals surface area contributed by atoms with Crippen molar-refractivity contribution in [3.8, 4) is 5.75 Å². The molecule has 1 aliphatic heterocycles. The summed E-state index contributed by atoms with van der Waals surface area (Å²) >= 11 is 0. The summed E-state index contributed by atoms with van der Waals surface area (Å²) in [6.45, 7) is -0.416. The number of imidazole rings is 1. The van der Waals surface area contributed by atoms with E-state index in [4.69, 9.17) is 15.2 Å². The predicted molar refractivity (Wildman–Crippen MR) is 110 cm³/mol. The highest BCUT2D eigenvalue weighted by Crippen LogP contribution is 2.32. The molecule has 15 nitrogen and oxygen atoms in total. The molecule has 4 rings (SSSR count). The van der Waals surface area contributed by atoms with Crippen molar-refractivity contribution in [3.63, 3.8) is 0 Å². The van der Waals surface area contributed by atoms with E-state index in [0.717, 1.165) is 18.2 Å². The molecule has 1 aromatic carbocycles. The van der Waals surface area contributed by atoms with Gasteiger partial charge >= 0.3 is 0 Å². The predicted octanol–water partition coefficient (Wildman–Crippen LogP) is -1.08. The van der Waals surface area contributed by atoms with Gasteiger partial charge in [-0.3, -0.25) is 14.7 Å². The molecule has 3 heterocycles. The second-order valence-corrected chi connectivity index (χ2v) is 8.81. The van der Waals surface area contributed by atoms with E-state index in [1.165, 1.54) is 24.3 Å². The zero-order chi connectivity index (χ0) is 23.9. The smallest absolute Gasteiger partial charge is 0.273 e. The van der Waals surface area contributed by atoms with Crippen LogP contribution in [-0.2, 0) is 14.8 Å². The fourth-order valence-corrected chi connectivity index (χ4v) is 4.64. The molecule has 0 unspecified atom stereocenters. The lowest BCUT2D eigenvalue weighted by atomic mass is 10.1. The fourth-order valence-electron chi connectivity index (χ4n) is 3.45. The van der Waals surface area contributed by atoms with Gasteiger partial charge < -0.3 is 25.4 Å². The van der Waals surface area contributed by atoms with Crippen molar-refractivity contribution in [2.45, 2.75) is 29.4 Å². The number of nitrogens with zero attached hydrogens (tertiary/aromatic N) is 5. The van der Waals surface area contributed by atoms with Crippen LogP contribution in [0.15, 0.2) is 35.7 Å². The van der Waals surface area contributed by atoms with Crippen LogP contribution in [0.3, 0.4) is 0 Å². The van der Waals surface area contributed by atoms with E-state index in [9.17, 15) is 28.7 Å². The number of aliphatic hydroxyl groups is 2. The average molecular weight is 481 g/mol. The van der Waals surface area contributed by atoms with E-state index >= 15 is 0 Å². The number of aliphatic hydroxyl groups excluding tert-OH is 2. The molecule has 33 heavy (non-hydrogen) atoms. The zero-order valence-electron chi connectivity index (χ0n) is 17.0. The van der Waals surface area contributed by atoms with Gasteiger partial charge in [-0.15, -0.1) is 0 Å². The summed E-state index contributed by atoms with van der Waals surface area (Å²) in [5, 5.41) is 31.8. The van der Waals surface area contributed by atoms with Crippen LogP contribution in [0.4, 0.5) is 11.5 Å². The lowest BCUT2D eigenvalue weighted by Gasteiger charge is -2.17. The molecule has 16 heteroatoms. The Morgan fingerprint density at radius 1 is 1.30 bits per heavy atom. The number of hydrogen-bond acceptors (Lipinski definition) is 12. The van der Waals surface area contributed by atoms with E-state index in [1.54, 1.807) is 0 Å². The number of nitro benzene ring substituents is 1. The van der Waals surface area contributed by atoms with E-state index < -0.39 is 46.0 Å². The number of hydrogen-bond donors (Lipinski definition) is 4. The van der Waals surface area contributed by atoms with Crippen molar-refractivity contribution >= 4 is 32.7 Å². The van der Waals surface area contributed by atoms with Crippen molar-refractivity contribution in [3.05, 3.63) is 41.0 Å². The Kier molecular flexibility index (Phi) is 5.85. The summed E-state index contributed by atoms with van der Waals surface area (Å²) in [6.07, 6.45) is -2.63. The number of fused-ring (bicyclic) bond motifs is 1. The Bertz CT molecular complexity index is 1310. The SMILES string of the molecule is COc1cc([N+](=O)[O-])ccc1S(=O)(=O)NC[C@H]1O[C@@H](n2cnc3c(N)ncnc32)[C@H](O)[C@@H]1O. The first-order valence-electron chi connectivity index (χ1n) is 9.40. The number of methoxy groups -OCH3 is 1. The molecule has 1 aliphatic rings. The maximum absolute atomic E-state index is 12.8. The highest BCUT2D eigenvalue weighted by molar-refractivity contribution is 7.89. The van der Waals surface area contributed by atoms with Crippen LogP contribution in [0.5, 0.6) is 5.75 Å². The Labute approximate surface area is 186 Å². The van der Waals surface area contributed by atoms with Crippen LogP contribution >= 0.6 is 0 Å². The topological polar surface area (TPSA) is 218 Å². The maximum atomic E-state index is 12.8. The number of nitrogens with one attached hydrogen (secondary N) is 1. The molecule has 5 N–H and O–H groups in total. The molecule has 0 spiro atoms. The Balaban J connectivity index is 1.53. The molecule has 4 atom stereocenters. The van der Waals surface area contributed by atoms with Gasteiger partial charge in [0.1, 0.15) is 40.8 Å². The minimum absolute atomic E-state index is 0.119. The lowest BCUT2D eigenvalue weighted by molar-refractivity contribution is -0.385. The quantitative estimate of drug-likeness (QED) is 0.234. The van der Waals surface area contributed by atoms with Crippen LogP contribution < -0.4 is 15.2 Å². The molecule has 176 valence electrons. The first-order chi connectivity index (χ1) is 15.6. The van der Waals surface area contributed by atoms with Crippen LogP contribution in [0.25, 0.3) is 11.2 Å². The normalized spacial score (nSPS) is 23.1. The van der Waals surface area contributed by atoms with Crippen LogP contribution in [0.2, 0.25) is 0 Å². The molecule has 0 amide bonds. The van der Waals surface area contributed by atoms with Gasteiger partial charge in [-0.2, -0.15) is 0 Å².